The third-order valence-electron chi connectivity index (χ3n) is 4.86. The van der Waals surface area contributed by atoms with Crippen molar-refractivity contribution in [1.29, 1.82) is 0 Å². The van der Waals surface area contributed by atoms with E-state index in [1.165, 1.54) is 0 Å². The number of methoxy groups -OCH3 is 1. The standard InChI is InChI=1S/C20H27N5O2/c1-4-15(2)22-20-21-10-9-16(23-20)19(26)25-13-11-24(12-14-25)17-7-5-6-8-18(17)27-3/h5-10,15H,4,11-14H2,1-3H3,(H,21,22,23). The number of piperazine rings is 1. The topological polar surface area (TPSA) is 70.6 Å². The second kappa shape index (κ2) is 8.70. The van der Waals surface area contributed by atoms with Crippen LogP contribution in [0.2, 0.25) is 0 Å². The van der Waals surface area contributed by atoms with Crippen LogP contribution in [0.25, 0.3) is 0 Å². The van der Waals surface area contributed by atoms with Gasteiger partial charge in [-0.15, -0.1) is 0 Å². The molecule has 0 radical (unpaired) electrons. The fraction of sp³-hybridized carbons (Fsp3) is 0.450. The molecule has 144 valence electrons. The van der Waals surface area contributed by atoms with Gasteiger partial charge in [0, 0.05) is 38.4 Å². The van der Waals surface area contributed by atoms with Crippen molar-refractivity contribution in [3.63, 3.8) is 0 Å². The molecule has 3 rings (SSSR count). The van der Waals surface area contributed by atoms with Gasteiger partial charge in [-0.25, -0.2) is 9.97 Å². The lowest BCUT2D eigenvalue weighted by atomic mass is 10.2. The zero-order chi connectivity index (χ0) is 19.2. The number of anilines is 2. The maximum absolute atomic E-state index is 12.8. The molecule has 1 unspecified atom stereocenters. The molecule has 7 nitrogen and oxygen atoms in total. The van der Waals surface area contributed by atoms with Gasteiger partial charge in [-0.05, 0) is 31.5 Å². The van der Waals surface area contributed by atoms with Crippen LogP contribution in [0.1, 0.15) is 30.8 Å². The van der Waals surface area contributed by atoms with E-state index in [1.54, 1.807) is 19.4 Å². The minimum absolute atomic E-state index is 0.0516. The highest BCUT2D eigenvalue weighted by Gasteiger charge is 2.24. The number of amides is 1. The van der Waals surface area contributed by atoms with Crippen LogP contribution in [0.5, 0.6) is 5.75 Å². The van der Waals surface area contributed by atoms with E-state index in [4.69, 9.17) is 4.74 Å². The molecule has 0 aliphatic carbocycles. The Bertz CT molecular complexity index is 774. The molecule has 0 saturated carbocycles. The third kappa shape index (κ3) is 4.48. The van der Waals surface area contributed by atoms with Crippen LogP contribution in [0.4, 0.5) is 11.6 Å². The molecule has 1 saturated heterocycles. The van der Waals surface area contributed by atoms with E-state index in [2.05, 4.69) is 34.0 Å². The molecule has 7 heteroatoms. The predicted molar refractivity (Wildman–Crippen MR) is 107 cm³/mol. The number of nitrogens with zero attached hydrogens (tertiary/aromatic N) is 4. The van der Waals surface area contributed by atoms with Gasteiger partial charge < -0.3 is 19.9 Å². The van der Waals surface area contributed by atoms with E-state index in [0.29, 0.717) is 24.7 Å². The monoisotopic (exact) mass is 369 g/mol. The van der Waals surface area contributed by atoms with E-state index < -0.39 is 0 Å². The quantitative estimate of drug-likeness (QED) is 0.844. The second-order valence-electron chi connectivity index (χ2n) is 6.67. The summed E-state index contributed by atoms with van der Waals surface area (Å²) >= 11 is 0. The first-order chi connectivity index (χ1) is 13.1. The van der Waals surface area contributed by atoms with Crippen molar-refractivity contribution < 1.29 is 9.53 Å². The van der Waals surface area contributed by atoms with Crippen LogP contribution in [-0.2, 0) is 0 Å². The number of rotatable bonds is 6. The molecule has 1 aliphatic rings. The van der Waals surface area contributed by atoms with Crippen LogP contribution >= 0.6 is 0 Å². The fourth-order valence-corrected chi connectivity index (χ4v) is 3.07. The summed E-state index contributed by atoms with van der Waals surface area (Å²) in [6.07, 6.45) is 2.60. The van der Waals surface area contributed by atoms with Crippen molar-refractivity contribution in [2.75, 3.05) is 43.5 Å². The van der Waals surface area contributed by atoms with Crippen molar-refractivity contribution in [3.8, 4) is 5.75 Å². The first kappa shape index (κ1) is 18.9. The van der Waals surface area contributed by atoms with Crippen LogP contribution < -0.4 is 15.0 Å². The van der Waals surface area contributed by atoms with Gasteiger partial charge in [-0.1, -0.05) is 19.1 Å². The van der Waals surface area contributed by atoms with E-state index in [0.717, 1.165) is 30.9 Å². The highest BCUT2D eigenvalue weighted by molar-refractivity contribution is 5.92. The number of ether oxygens (including phenoxy) is 1. The van der Waals surface area contributed by atoms with Crippen LogP contribution in [-0.4, -0.2) is 60.1 Å². The molecular formula is C20H27N5O2. The minimum atomic E-state index is -0.0516. The van der Waals surface area contributed by atoms with E-state index in [1.807, 2.05) is 29.2 Å². The molecule has 1 aromatic heterocycles. The minimum Gasteiger partial charge on any atom is -0.495 e. The Labute approximate surface area is 160 Å². The van der Waals surface area contributed by atoms with Gasteiger partial charge in [-0.3, -0.25) is 4.79 Å². The SMILES string of the molecule is CCC(C)Nc1nccc(C(=O)N2CCN(c3ccccc3OC)CC2)n1. The summed E-state index contributed by atoms with van der Waals surface area (Å²) < 4.78 is 5.45. The fourth-order valence-electron chi connectivity index (χ4n) is 3.07. The van der Waals surface area contributed by atoms with Crippen LogP contribution in [0.3, 0.4) is 0 Å². The van der Waals surface area contributed by atoms with E-state index in [-0.39, 0.29) is 11.9 Å². The van der Waals surface area contributed by atoms with Crippen LogP contribution in [0, 0.1) is 0 Å². The third-order valence-corrected chi connectivity index (χ3v) is 4.86. The van der Waals surface area contributed by atoms with E-state index >= 15 is 0 Å². The predicted octanol–water partition coefficient (Wildman–Crippen LogP) is 2.66. The summed E-state index contributed by atoms with van der Waals surface area (Å²) in [6.45, 7) is 6.97. The van der Waals surface area contributed by atoms with Gasteiger partial charge in [0.15, 0.2) is 0 Å². The number of aromatic nitrogens is 2. The van der Waals surface area contributed by atoms with Crippen molar-refractivity contribution in [1.82, 2.24) is 14.9 Å². The number of carbonyl (C=O) groups excluding carboxylic acids is 1. The molecule has 0 bridgehead atoms. The van der Waals surface area contributed by atoms with Gasteiger partial charge in [0.2, 0.25) is 5.95 Å². The molecular weight excluding hydrogens is 342 g/mol. The lowest BCUT2D eigenvalue weighted by Gasteiger charge is -2.36. The average molecular weight is 369 g/mol. The van der Waals surface area contributed by atoms with Gasteiger partial charge in [0.1, 0.15) is 11.4 Å². The molecule has 27 heavy (non-hydrogen) atoms. The Morgan fingerprint density at radius 3 is 2.67 bits per heavy atom. The van der Waals surface area contributed by atoms with Gasteiger partial charge in [-0.2, -0.15) is 0 Å². The van der Waals surface area contributed by atoms with Crippen LogP contribution in [0.15, 0.2) is 36.5 Å². The maximum atomic E-state index is 12.8. The van der Waals surface area contributed by atoms with E-state index in [9.17, 15) is 4.79 Å². The Morgan fingerprint density at radius 1 is 1.22 bits per heavy atom. The Balaban J connectivity index is 1.64. The largest absolute Gasteiger partial charge is 0.495 e. The van der Waals surface area contributed by atoms with Crippen molar-refractivity contribution in [2.45, 2.75) is 26.3 Å². The number of para-hydroxylation sites is 2. The first-order valence-corrected chi connectivity index (χ1v) is 9.39. The molecule has 1 atom stereocenters. The summed E-state index contributed by atoms with van der Waals surface area (Å²) in [4.78, 5) is 25.5. The van der Waals surface area contributed by atoms with Crippen molar-refractivity contribution in [3.05, 3.63) is 42.2 Å². The first-order valence-electron chi connectivity index (χ1n) is 9.39. The van der Waals surface area contributed by atoms with Gasteiger partial charge in [0.05, 0.1) is 12.8 Å². The summed E-state index contributed by atoms with van der Waals surface area (Å²) in [5.74, 6) is 1.31. The molecule has 2 aromatic rings. The zero-order valence-corrected chi connectivity index (χ0v) is 16.2. The Hall–Kier alpha value is -2.83. The smallest absolute Gasteiger partial charge is 0.272 e. The molecule has 1 aromatic carbocycles. The lowest BCUT2D eigenvalue weighted by Crippen LogP contribution is -2.49. The normalized spacial score (nSPS) is 15.4. The van der Waals surface area contributed by atoms with Gasteiger partial charge >= 0.3 is 0 Å². The maximum Gasteiger partial charge on any atom is 0.272 e. The average Bonchev–Trinajstić information content (AvgIpc) is 2.73. The Kier molecular flexibility index (Phi) is 6.11. The molecule has 1 aliphatic heterocycles. The molecule has 1 N–H and O–H groups in total. The molecule has 2 heterocycles. The highest BCUT2D eigenvalue weighted by Crippen LogP contribution is 2.28. The number of benzene rings is 1. The second-order valence-corrected chi connectivity index (χ2v) is 6.67. The molecule has 1 amide bonds. The lowest BCUT2D eigenvalue weighted by molar-refractivity contribution is 0.0740. The Morgan fingerprint density at radius 2 is 1.96 bits per heavy atom. The van der Waals surface area contributed by atoms with Gasteiger partial charge in [0.25, 0.3) is 5.91 Å². The summed E-state index contributed by atoms with van der Waals surface area (Å²) in [5.41, 5.74) is 1.50. The number of nitrogens with one attached hydrogen (secondary N) is 1. The van der Waals surface area contributed by atoms with Crippen molar-refractivity contribution in [2.24, 2.45) is 0 Å². The van der Waals surface area contributed by atoms with Crippen molar-refractivity contribution >= 4 is 17.5 Å². The number of hydrogen-bond donors (Lipinski definition) is 1. The molecule has 1 fully saturated rings. The number of hydrogen-bond acceptors (Lipinski definition) is 6. The zero-order valence-electron chi connectivity index (χ0n) is 16.2. The summed E-state index contributed by atoms with van der Waals surface area (Å²) in [6, 6.07) is 9.91. The molecule has 0 spiro atoms. The summed E-state index contributed by atoms with van der Waals surface area (Å²) in [7, 11) is 1.68. The highest BCUT2D eigenvalue weighted by atomic mass is 16.5. The summed E-state index contributed by atoms with van der Waals surface area (Å²) in [5, 5.41) is 3.22. The number of carbonyl (C=O) groups is 1.